The summed E-state index contributed by atoms with van der Waals surface area (Å²) in [5.74, 6) is -0.969. The molecule has 0 radical (unpaired) electrons. The maximum atomic E-state index is 11.9. The number of rotatable bonds is 6. The van der Waals surface area contributed by atoms with E-state index in [1.54, 1.807) is 12.1 Å². The summed E-state index contributed by atoms with van der Waals surface area (Å²) in [5.41, 5.74) is 0.888. The largest absolute Gasteiger partial charge is 0.452 e. The molecule has 1 fully saturated rings. The van der Waals surface area contributed by atoms with Crippen molar-refractivity contribution in [1.29, 1.82) is 0 Å². The van der Waals surface area contributed by atoms with Crippen LogP contribution in [0.25, 0.3) is 0 Å². The molecule has 126 valence electrons. The van der Waals surface area contributed by atoms with Gasteiger partial charge in [-0.1, -0.05) is 25.0 Å². The van der Waals surface area contributed by atoms with E-state index in [0.29, 0.717) is 5.56 Å². The molecule has 7 heteroatoms. The molecule has 1 aromatic rings. The second-order valence-electron chi connectivity index (χ2n) is 5.89. The average Bonchev–Trinajstić information content (AvgIpc) is 2.97. The van der Waals surface area contributed by atoms with Gasteiger partial charge >= 0.3 is 5.97 Å². The Morgan fingerprint density at radius 1 is 1.17 bits per heavy atom. The van der Waals surface area contributed by atoms with Crippen molar-refractivity contribution in [3.05, 3.63) is 35.4 Å². The first-order valence-corrected chi connectivity index (χ1v) is 9.63. The van der Waals surface area contributed by atoms with Gasteiger partial charge in [0.1, 0.15) is 0 Å². The molecule has 1 N–H and O–H groups in total. The van der Waals surface area contributed by atoms with Gasteiger partial charge in [0.25, 0.3) is 5.91 Å². The number of ether oxygens (including phenoxy) is 1. The second kappa shape index (κ2) is 7.59. The third kappa shape index (κ3) is 6.02. The van der Waals surface area contributed by atoms with Crippen LogP contribution in [-0.4, -0.2) is 39.2 Å². The predicted molar refractivity (Wildman–Crippen MR) is 85.7 cm³/mol. The van der Waals surface area contributed by atoms with Crippen LogP contribution in [0.1, 0.15) is 41.6 Å². The van der Waals surface area contributed by atoms with Crippen molar-refractivity contribution in [1.82, 2.24) is 5.32 Å². The predicted octanol–water partition coefficient (Wildman–Crippen LogP) is 1.45. The number of hydrogen-bond acceptors (Lipinski definition) is 5. The minimum atomic E-state index is -3.11. The number of sulfone groups is 1. The molecule has 0 atom stereocenters. The van der Waals surface area contributed by atoms with Gasteiger partial charge in [0.05, 0.1) is 11.3 Å². The molecule has 1 saturated carbocycles. The van der Waals surface area contributed by atoms with Crippen LogP contribution in [0.3, 0.4) is 0 Å². The van der Waals surface area contributed by atoms with Crippen LogP contribution in [0.2, 0.25) is 0 Å². The highest BCUT2D eigenvalue weighted by Crippen LogP contribution is 2.17. The molecule has 2 rings (SSSR count). The van der Waals surface area contributed by atoms with Crippen molar-refractivity contribution in [2.75, 3.05) is 12.9 Å². The Morgan fingerprint density at radius 2 is 1.78 bits per heavy atom. The van der Waals surface area contributed by atoms with Gasteiger partial charge in [0.15, 0.2) is 16.4 Å². The van der Waals surface area contributed by atoms with Crippen LogP contribution in [-0.2, 0) is 25.1 Å². The molecule has 0 aliphatic heterocycles. The first-order chi connectivity index (χ1) is 10.8. The van der Waals surface area contributed by atoms with Crippen LogP contribution in [0.5, 0.6) is 0 Å². The van der Waals surface area contributed by atoms with E-state index in [4.69, 9.17) is 4.74 Å². The quantitative estimate of drug-likeness (QED) is 0.792. The average molecular weight is 339 g/mol. The lowest BCUT2D eigenvalue weighted by Gasteiger charge is -2.12. The number of benzene rings is 1. The minimum Gasteiger partial charge on any atom is -0.452 e. The fraction of sp³-hybridized carbons (Fsp3) is 0.500. The Morgan fingerprint density at radius 3 is 2.35 bits per heavy atom. The standard InChI is InChI=1S/C16H21NO5S/c1-23(20,21)11-12-6-8-13(9-7-12)16(19)22-10-15(18)17-14-4-2-3-5-14/h6-9,14H,2-5,10-11H2,1H3,(H,17,18). The smallest absolute Gasteiger partial charge is 0.338 e. The molecule has 0 heterocycles. The van der Waals surface area contributed by atoms with Gasteiger partial charge < -0.3 is 10.1 Å². The number of nitrogens with one attached hydrogen (secondary N) is 1. The summed E-state index contributed by atoms with van der Waals surface area (Å²) in [6.07, 6.45) is 5.33. The Bertz CT molecular complexity index is 660. The van der Waals surface area contributed by atoms with Gasteiger partial charge in [-0.3, -0.25) is 4.79 Å². The van der Waals surface area contributed by atoms with Crippen LogP contribution in [0, 0.1) is 0 Å². The summed E-state index contributed by atoms with van der Waals surface area (Å²) in [6, 6.07) is 6.32. The molecule has 0 unspecified atom stereocenters. The minimum absolute atomic E-state index is 0.0773. The highest BCUT2D eigenvalue weighted by molar-refractivity contribution is 7.89. The number of amides is 1. The molecule has 1 aliphatic carbocycles. The summed E-state index contributed by atoms with van der Waals surface area (Å²) in [4.78, 5) is 23.6. The highest BCUT2D eigenvalue weighted by Gasteiger charge is 2.18. The van der Waals surface area contributed by atoms with E-state index >= 15 is 0 Å². The number of carbonyl (C=O) groups excluding carboxylic acids is 2. The molecule has 0 bridgehead atoms. The topological polar surface area (TPSA) is 89.5 Å². The molecule has 1 amide bonds. The molecular weight excluding hydrogens is 318 g/mol. The lowest BCUT2D eigenvalue weighted by molar-refractivity contribution is -0.124. The van der Waals surface area contributed by atoms with Gasteiger partial charge in [-0.2, -0.15) is 0 Å². The maximum absolute atomic E-state index is 11.9. The van der Waals surface area contributed by atoms with E-state index in [9.17, 15) is 18.0 Å². The van der Waals surface area contributed by atoms with Crippen molar-refractivity contribution < 1.29 is 22.7 Å². The summed E-state index contributed by atoms with van der Waals surface area (Å²) in [7, 11) is -3.11. The van der Waals surface area contributed by atoms with Crippen LogP contribution in [0.15, 0.2) is 24.3 Å². The number of carbonyl (C=O) groups is 2. The Kier molecular flexibility index (Phi) is 5.76. The van der Waals surface area contributed by atoms with E-state index in [1.807, 2.05) is 0 Å². The van der Waals surface area contributed by atoms with E-state index in [-0.39, 0.29) is 29.9 Å². The zero-order valence-corrected chi connectivity index (χ0v) is 13.9. The molecule has 23 heavy (non-hydrogen) atoms. The lowest BCUT2D eigenvalue weighted by atomic mass is 10.1. The summed E-state index contributed by atoms with van der Waals surface area (Å²) >= 11 is 0. The zero-order valence-electron chi connectivity index (χ0n) is 13.1. The van der Waals surface area contributed by atoms with E-state index in [0.717, 1.165) is 31.9 Å². The highest BCUT2D eigenvalue weighted by atomic mass is 32.2. The molecule has 0 spiro atoms. The fourth-order valence-corrected chi connectivity index (χ4v) is 3.39. The van der Waals surface area contributed by atoms with Crippen molar-refractivity contribution >= 4 is 21.7 Å². The Balaban J connectivity index is 1.82. The van der Waals surface area contributed by atoms with E-state index < -0.39 is 15.8 Å². The van der Waals surface area contributed by atoms with Gasteiger partial charge in [-0.05, 0) is 30.5 Å². The third-order valence-electron chi connectivity index (χ3n) is 3.67. The molecule has 0 saturated heterocycles. The molecule has 0 aromatic heterocycles. The first kappa shape index (κ1) is 17.5. The fourth-order valence-electron chi connectivity index (χ4n) is 2.59. The normalized spacial score (nSPS) is 15.3. The van der Waals surface area contributed by atoms with Gasteiger partial charge in [0, 0.05) is 12.3 Å². The molecule has 1 aromatic carbocycles. The van der Waals surface area contributed by atoms with Crippen molar-refractivity contribution in [2.24, 2.45) is 0 Å². The molecule has 6 nitrogen and oxygen atoms in total. The molecule has 1 aliphatic rings. The number of esters is 1. The van der Waals surface area contributed by atoms with Gasteiger partial charge in [0.2, 0.25) is 0 Å². The Hall–Kier alpha value is -1.89. The van der Waals surface area contributed by atoms with Gasteiger partial charge in [-0.15, -0.1) is 0 Å². The van der Waals surface area contributed by atoms with E-state index in [2.05, 4.69) is 5.32 Å². The van der Waals surface area contributed by atoms with Crippen LogP contribution >= 0.6 is 0 Å². The zero-order chi connectivity index (χ0) is 16.9. The second-order valence-corrected chi connectivity index (χ2v) is 8.03. The number of hydrogen-bond donors (Lipinski definition) is 1. The van der Waals surface area contributed by atoms with Crippen molar-refractivity contribution in [3.8, 4) is 0 Å². The van der Waals surface area contributed by atoms with Crippen molar-refractivity contribution in [2.45, 2.75) is 37.5 Å². The summed E-state index contributed by atoms with van der Waals surface area (Å²) < 4.78 is 27.4. The lowest BCUT2D eigenvalue weighted by Crippen LogP contribution is -2.35. The first-order valence-electron chi connectivity index (χ1n) is 7.56. The SMILES string of the molecule is CS(=O)(=O)Cc1ccc(C(=O)OCC(=O)NC2CCCC2)cc1. The molecular formula is C16H21NO5S. The van der Waals surface area contributed by atoms with E-state index in [1.165, 1.54) is 12.1 Å². The van der Waals surface area contributed by atoms with Gasteiger partial charge in [-0.25, -0.2) is 13.2 Å². The maximum Gasteiger partial charge on any atom is 0.338 e. The van der Waals surface area contributed by atoms with Crippen LogP contribution < -0.4 is 5.32 Å². The summed E-state index contributed by atoms with van der Waals surface area (Å²) in [5, 5.41) is 2.84. The monoisotopic (exact) mass is 339 g/mol. The third-order valence-corrected chi connectivity index (χ3v) is 4.53. The van der Waals surface area contributed by atoms with Crippen LogP contribution in [0.4, 0.5) is 0 Å². The van der Waals surface area contributed by atoms with Crippen molar-refractivity contribution in [3.63, 3.8) is 0 Å². The summed E-state index contributed by atoms with van der Waals surface area (Å²) in [6.45, 7) is -0.305. The Labute approximate surface area is 136 Å².